The summed E-state index contributed by atoms with van der Waals surface area (Å²) in [5, 5.41) is 0. The molecule has 2 nitrogen and oxygen atoms in total. The van der Waals surface area contributed by atoms with Crippen LogP contribution in [-0.4, -0.2) is 6.04 Å². The minimum atomic E-state index is 0.00431. The van der Waals surface area contributed by atoms with Crippen molar-refractivity contribution in [1.29, 1.82) is 0 Å². The number of hydrogen-bond acceptors (Lipinski definition) is 2. The van der Waals surface area contributed by atoms with Gasteiger partial charge in [-0.3, -0.25) is 0 Å². The maximum absolute atomic E-state index is 5.85. The Kier molecular flexibility index (Phi) is 3.07. The van der Waals surface area contributed by atoms with E-state index in [4.69, 9.17) is 11.5 Å². The van der Waals surface area contributed by atoms with Gasteiger partial charge in [-0.2, -0.15) is 0 Å². The second kappa shape index (κ2) is 4.38. The molecule has 0 bridgehead atoms. The zero-order valence-corrected chi connectivity index (χ0v) is 10.5. The molecule has 90 valence electrons. The Morgan fingerprint density at radius 3 is 2.35 bits per heavy atom. The van der Waals surface area contributed by atoms with Gasteiger partial charge >= 0.3 is 0 Å². The van der Waals surface area contributed by atoms with Crippen LogP contribution in [0.15, 0.2) is 48.1 Å². The summed E-state index contributed by atoms with van der Waals surface area (Å²) in [6.07, 6.45) is 7.38. The molecule has 0 amide bonds. The van der Waals surface area contributed by atoms with Crippen LogP contribution in [0, 0.1) is 0 Å². The van der Waals surface area contributed by atoms with Crippen molar-refractivity contribution in [3.05, 3.63) is 53.6 Å². The molecular formula is C15H20N2. The highest BCUT2D eigenvalue weighted by atomic mass is 14.6. The molecule has 17 heavy (non-hydrogen) atoms. The lowest BCUT2D eigenvalue weighted by Crippen LogP contribution is -2.24. The van der Waals surface area contributed by atoms with Gasteiger partial charge in [-0.05, 0) is 29.7 Å². The molecule has 2 heteroatoms. The molecule has 1 aromatic carbocycles. The van der Waals surface area contributed by atoms with Crippen LogP contribution in [0.5, 0.6) is 0 Å². The third-order valence-electron chi connectivity index (χ3n) is 3.49. The first-order valence-electron chi connectivity index (χ1n) is 6.00. The fraction of sp³-hybridized carbons (Fsp3) is 0.333. The molecule has 0 heterocycles. The number of benzene rings is 1. The summed E-state index contributed by atoms with van der Waals surface area (Å²) in [7, 11) is 0. The van der Waals surface area contributed by atoms with Crippen LogP contribution in [-0.2, 0) is 5.41 Å². The second-order valence-corrected chi connectivity index (χ2v) is 5.17. The quantitative estimate of drug-likeness (QED) is 0.765. The van der Waals surface area contributed by atoms with E-state index in [0.29, 0.717) is 0 Å². The van der Waals surface area contributed by atoms with Crippen molar-refractivity contribution in [2.45, 2.75) is 31.7 Å². The van der Waals surface area contributed by atoms with Crippen LogP contribution >= 0.6 is 0 Å². The number of rotatable bonds is 2. The number of allylic oxidation sites excluding steroid dienone is 2. The Bertz CT molecular complexity index is 452. The first kappa shape index (κ1) is 11.9. The van der Waals surface area contributed by atoms with Crippen molar-refractivity contribution in [2.24, 2.45) is 5.73 Å². The fourth-order valence-electron chi connectivity index (χ4n) is 2.17. The molecule has 0 saturated carbocycles. The predicted octanol–water partition coefficient (Wildman–Crippen LogP) is 2.76. The summed E-state index contributed by atoms with van der Waals surface area (Å²) in [5.74, 6) is 0. The Morgan fingerprint density at radius 2 is 1.82 bits per heavy atom. The summed E-state index contributed by atoms with van der Waals surface area (Å²) in [6.45, 7) is 4.46. The minimum absolute atomic E-state index is 0.00431. The Hall–Kier alpha value is -1.54. The van der Waals surface area contributed by atoms with Gasteiger partial charge in [0.05, 0.1) is 0 Å². The third-order valence-corrected chi connectivity index (χ3v) is 3.49. The van der Waals surface area contributed by atoms with E-state index in [0.717, 1.165) is 12.1 Å². The smallest absolute Gasteiger partial charge is 0.0314 e. The van der Waals surface area contributed by atoms with Gasteiger partial charge in [0, 0.05) is 17.1 Å². The molecule has 0 aromatic heterocycles. The summed E-state index contributed by atoms with van der Waals surface area (Å²) in [6, 6.07) is 8.27. The van der Waals surface area contributed by atoms with Crippen molar-refractivity contribution in [3.8, 4) is 0 Å². The Balaban J connectivity index is 2.30. The van der Waals surface area contributed by atoms with Crippen molar-refractivity contribution in [2.75, 3.05) is 5.73 Å². The molecule has 1 atom stereocenters. The van der Waals surface area contributed by atoms with Crippen LogP contribution in [0.3, 0.4) is 0 Å². The van der Waals surface area contributed by atoms with Crippen molar-refractivity contribution < 1.29 is 0 Å². The van der Waals surface area contributed by atoms with Crippen LogP contribution in [0.4, 0.5) is 5.69 Å². The summed E-state index contributed by atoms with van der Waals surface area (Å²) in [5.41, 5.74) is 15.0. The standard InChI is InChI=1S/C15H20N2/c1-15(2,11-3-7-13(16)8-4-11)12-5-9-14(17)10-6-12/h3-9,14H,10,16-17H2,1-2H3. The monoisotopic (exact) mass is 228 g/mol. The van der Waals surface area contributed by atoms with E-state index < -0.39 is 0 Å². The fourth-order valence-corrected chi connectivity index (χ4v) is 2.17. The van der Waals surface area contributed by atoms with Crippen molar-refractivity contribution >= 4 is 5.69 Å². The number of nitrogen functional groups attached to an aromatic ring is 1. The number of nitrogens with two attached hydrogens (primary N) is 2. The van der Waals surface area contributed by atoms with Crippen molar-refractivity contribution in [1.82, 2.24) is 0 Å². The van der Waals surface area contributed by atoms with Gasteiger partial charge in [0.1, 0.15) is 0 Å². The molecule has 0 aliphatic heterocycles. The Labute approximate surface area is 103 Å². The number of hydrogen-bond donors (Lipinski definition) is 2. The van der Waals surface area contributed by atoms with Crippen LogP contribution in [0.2, 0.25) is 0 Å². The predicted molar refractivity (Wildman–Crippen MR) is 73.7 cm³/mol. The highest BCUT2D eigenvalue weighted by molar-refractivity contribution is 5.46. The number of anilines is 1. The lowest BCUT2D eigenvalue weighted by molar-refractivity contribution is 0.626. The molecule has 0 saturated heterocycles. The minimum Gasteiger partial charge on any atom is -0.399 e. The van der Waals surface area contributed by atoms with Gasteiger partial charge in [0.25, 0.3) is 0 Å². The zero-order valence-electron chi connectivity index (χ0n) is 10.5. The second-order valence-electron chi connectivity index (χ2n) is 5.17. The average Bonchev–Trinajstić information content (AvgIpc) is 2.30. The van der Waals surface area contributed by atoms with E-state index in [1.54, 1.807) is 0 Å². The third kappa shape index (κ3) is 2.42. The van der Waals surface area contributed by atoms with Gasteiger partial charge in [0.2, 0.25) is 0 Å². The molecule has 1 unspecified atom stereocenters. The molecule has 1 aliphatic carbocycles. The normalized spacial score (nSPS) is 20.2. The van der Waals surface area contributed by atoms with Crippen LogP contribution in [0.1, 0.15) is 25.8 Å². The average molecular weight is 228 g/mol. The lowest BCUT2D eigenvalue weighted by atomic mass is 9.75. The zero-order chi connectivity index (χ0) is 12.5. The van der Waals surface area contributed by atoms with E-state index in [1.165, 1.54) is 11.1 Å². The van der Waals surface area contributed by atoms with Gasteiger partial charge in [-0.1, -0.05) is 44.2 Å². The van der Waals surface area contributed by atoms with Gasteiger partial charge in [-0.25, -0.2) is 0 Å². The van der Waals surface area contributed by atoms with Gasteiger partial charge < -0.3 is 11.5 Å². The summed E-state index contributed by atoms with van der Waals surface area (Å²) in [4.78, 5) is 0. The topological polar surface area (TPSA) is 52.0 Å². The van der Waals surface area contributed by atoms with Crippen LogP contribution < -0.4 is 11.5 Å². The molecule has 1 aromatic rings. The van der Waals surface area contributed by atoms with E-state index in [1.807, 2.05) is 12.1 Å². The largest absolute Gasteiger partial charge is 0.399 e. The van der Waals surface area contributed by atoms with Crippen molar-refractivity contribution in [3.63, 3.8) is 0 Å². The van der Waals surface area contributed by atoms with Gasteiger partial charge in [0.15, 0.2) is 0 Å². The van der Waals surface area contributed by atoms with Crippen LogP contribution in [0.25, 0.3) is 0 Å². The molecule has 1 aliphatic rings. The SMILES string of the molecule is CC(C)(C1=CCC(N)C=C1)c1ccc(N)cc1. The summed E-state index contributed by atoms with van der Waals surface area (Å²) >= 11 is 0. The summed E-state index contributed by atoms with van der Waals surface area (Å²) < 4.78 is 0. The van der Waals surface area contributed by atoms with Gasteiger partial charge in [-0.15, -0.1) is 0 Å². The van der Waals surface area contributed by atoms with E-state index in [9.17, 15) is 0 Å². The first-order valence-corrected chi connectivity index (χ1v) is 6.00. The first-order chi connectivity index (χ1) is 8.00. The molecule has 0 spiro atoms. The highest BCUT2D eigenvalue weighted by Crippen LogP contribution is 2.34. The Morgan fingerprint density at radius 1 is 1.18 bits per heavy atom. The van der Waals surface area contributed by atoms with E-state index in [2.05, 4.69) is 44.2 Å². The molecule has 4 N–H and O–H groups in total. The highest BCUT2D eigenvalue weighted by Gasteiger charge is 2.25. The molecular weight excluding hydrogens is 208 g/mol. The lowest BCUT2D eigenvalue weighted by Gasteiger charge is -2.29. The molecule has 0 radical (unpaired) electrons. The maximum Gasteiger partial charge on any atom is 0.0314 e. The van der Waals surface area contributed by atoms with E-state index >= 15 is 0 Å². The molecule has 2 rings (SSSR count). The van der Waals surface area contributed by atoms with E-state index in [-0.39, 0.29) is 11.5 Å². The maximum atomic E-state index is 5.85. The molecule has 0 fully saturated rings.